The third kappa shape index (κ3) is 6.31. The number of aromatic nitrogens is 4. The Morgan fingerprint density at radius 3 is 2.68 bits per heavy atom. The first-order valence-electron chi connectivity index (χ1n) is 15.1. The van der Waals surface area contributed by atoms with E-state index < -0.39 is 0 Å². The molecular weight excluding hydrogens is 554 g/mol. The fourth-order valence-electron chi connectivity index (χ4n) is 5.94. The van der Waals surface area contributed by atoms with Crippen molar-refractivity contribution < 1.29 is 9.59 Å². The van der Waals surface area contributed by atoms with Crippen molar-refractivity contribution in [2.24, 2.45) is 0 Å². The van der Waals surface area contributed by atoms with Gasteiger partial charge in [0.2, 0.25) is 5.91 Å². The molecule has 2 amide bonds. The first kappa shape index (κ1) is 29.0. The SMILES string of the molecule is N#Cc1ccnc(NC(=O)c2ccc(-c3[nH]nc4c(/C=C/CCN5CC[C@H]5C(=O)NC5CCCCC5)cnc(N)c34)cc2)c1. The largest absolute Gasteiger partial charge is 0.383 e. The van der Waals surface area contributed by atoms with Crippen LogP contribution in [0.4, 0.5) is 11.6 Å². The van der Waals surface area contributed by atoms with Gasteiger partial charge >= 0.3 is 0 Å². The van der Waals surface area contributed by atoms with E-state index in [2.05, 4.69) is 41.8 Å². The van der Waals surface area contributed by atoms with Gasteiger partial charge in [0.15, 0.2) is 0 Å². The van der Waals surface area contributed by atoms with Crippen molar-refractivity contribution in [3.8, 4) is 17.3 Å². The van der Waals surface area contributed by atoms with E-state index in [4.69, 9.17) is 11.0 Å². The zero-order chi connectivity index (χ0) is 30.5. The van der Waals surface area contributed by atoms with Crippen molar-refractivity contribution in [1.82, 2.24) is 30.4 Å². The summed E-state index contributed by atoms with van der Waals surface area (Å²) in [5, 5.41) is 23.4. The van der Waals surface area contributed by atoms with Crippen LogP contribution in [0.2, 0.25) is 0 Å². The number of aromatic amines is 1. The van der Waals surface area contributed by atoms with Gasteiger partial charge in [-0.05, 0) is 49.9 Å². The Morgan fingerprint density at radius 1 is 1.11 bits per heavy atom. The number of nitrogens with zero attached hydrogens (tertiary/aromatic N) is 5. The molecular formula is C33H35N9O2. The lowest BCUT2D eigenvalue weighted by molar-refractivity contribution is -0.131. The average Bonchev–Trinajstić information content (AvgIpc) is 3.48. The van der Waals surface area contributed by atoms with E-state index in [1.807, 2.05) is 24.3 Å². The summed E-state index contributed by atoms with van der Waals surface area (Å²) in [5.41, 5.74) is 10.2. The molecule has 6 rings (SSSR count). The average molecular weight is 590 g/mol. The van der Waals surface area contributed by atoms with Crippen LogP contribution in [-0.2, 0) is 4.79 Å². The number of nitrogen functional groups attached to an aromatic ring is 1. The number of fused-ring (bicyclic) bond motifs is 1. The third-order valence-electron chi connectivity index (χ3n) is 8.47. The minimum atomic E-state index is -0.336. The van der Waals surface area contributed by atoms with Crippen LogP contribution in [-0.4, -0.2) is 62.1 Å². The van der Waals surface area contributed by atoms with Gasteiger partial charge in [-0.2, -0.15) is 10.4 Å². The normalized spacial score (nSPS) is 17.3. The van der Waals surface area contributed by atoms with E-state index in [0.29, 0.717) is 45.4 Å². The van der Waals surface area contributed by atoms with E-state index in [0.717, 1.165) is 49.9 Å². The number of hydrogen-bond acceptors (Lipinski definition) is 8. The second kappa shape index (κ2) is 13.1. The third-order valence-corrected chi connectivity index (χ3v) is 8.47. The molecule has 1 saturated carbocycles. The lowest BCUT2D eigenvalue weighted by atomic mass is 9.94. The molecule has 1 aliphatic carbocycles. The maximum Gasteiger partial charge on any atom is 0.256 e. The molecule has 1 aliphatic heterocycles. The Labute approximate surface area is 255 Å². The molecule has 3 aromatic heterocycles. The van der Waals surface area contributed by atoms with Crippen LogP contribution in [0.25, 0.3) is 28.2 Å². The van der Waals surface area contributed by atoms with E-state index in [1.54, 1.807) is 24.4 Å². The molecule has 4 aromatic rings. The summed E-state index contributed by atoms with van der Waals surface area (Å²) in [7, 11) is 0. The Morgan fingerprint density at radius 2 is 1.93 bits per heavy atom. The summed E-state index contributed by atoms with van der Waals surface area (Å²) in [4.78, 5) is 36.3. The number of nitriles is 1. The van der Waals surface area contributed by atoms with Crippen molar-refractivity contribution in [3.63, 3.8) is 0 Å². The Hall–Kier alpha value is -5.08. The number of hydrogen-bond donors (Lipinski definition) is 4. The Kier molecular flexibility index (Phi) is 8.61. The van der Waals surface area contributed by atoms with E-state index in [-0.39, 0.29) is 17.9 Å². The Bertz CT molecular complexity index is 1730. The van der Waals surface area contributed by atoms with Gasteiger partial charge in [-0.3, -0.25) is 19.6 Å². The summed E-state index contributed by atoms with van der Waals surface area (Å²) < 4.78 is 0. The zero-order valence-corrected chi connectivity index (χ0v) is 24.4. The number of pyridine rings is 2. The molecule has 5 N–H and O–H groups in total. The summed E-state index contributed by atoms with van der Waals surface area (Å²) in [5.74, 6) is 0.508. The number of carbonyl (C=O) groups excluding carboxylic acids is 2. The maximum absolute atomic E-state index is 12.8. The highest BCUT2D eigenvalue weighted by Crippen LogP contribution is 2.32. The number of likely N-dealkylation sites (tertiary alicyclic amines) is 1. The lowest BCUT2D eigenvalue weighted by Gasteiger charge is -2.40. The van der Waals surface area contributed by atoms with Gasteiger partial charge in [0, 0.05) is 48.2 Å². The number of nitrogens with one attached hydrogen (secondary N) is 3. The highest BCUT2D eigenvalue weighted by atomic mass is 16.2. The quantitative estimate of drug-likeness (QED) is 0.219. The minimum absolute atomic E-state index is 0.0204. The number of carbonyl (C=O) groups is 2. The topological polar surface area (TPSA) is 166 Å². The lowest BCUT2D eigenvalue weighted by Crippen LogP contribution is -2.57. The van der Waals surface area contributed by atoms with Gasteiger partial charge < -0.3 is 16.4 Å². The molecule has 1 atom stereocenters. The van der Waals surface area contributed by atoms with E-state index >= 15 is 0 Å². The fourth-order valence-corrected chi connectivity index (χ4v) is 5.94. The van der Waals surface area contributed by atoms with Gasteiger partial charge in [-0.25, -0.2) is 9.97 Å². The molecule has 2 aliphatic rings. The van der Waals surface area contributed by atoms with Crippen LogP contribution in [0.5, 0.6) is 0 Å². The fraction of sp³-hybridized carbons (Fsp3) is 0.333. The smallest absolute Gasteiger partial charge is 0.256 e. The van der Waals surface area contributed by atoms with Crippen molar-refractivity contribution in [1.29, 1.82) is 5.26 Å². The molecule has 44 heavy (non-hydrogen) atoms. The van der Waals surface area contributed by atoms with Gasteiger partial charge in [0.05, 0.1) is 28.8 Å². The molecule has 1 saturated heterocycles. The summed E-state index contributed by atoms with van der Waals surface area (Å²) >= 11 is 0. The molecule has 0 bridgehead atoms. The molecule has 11 nitrogen and oxygen atoms in total. The molecule has 4 heterocycles. The van der Waals surface area contributed by atoms with Gasteiger partial charge in [0.25, 0.3) is 5.91 Å². The van der Waals surface area contributed by atoms with Gasteiger partial charge in [0.1, 0.15) is 17.2 Å². The molecule has 224 valence electrons. The van der Waals surface area contributed by atoms with Gasteiger partial charge in [-0.15, -0.1) is 0 Å². The predicted octanol–water partition coefficient (Wildman–Crippen LogP) is 4.65. The van der Waals surface area contributed by atoms with Crippen LogP contribution in [0.1, 0.15) is 66.4 Å². The predicted molar refractivity (Wildman–Crippen MR) is 169 cm³/mol. The summed E-state index contributed by atoms with van der Waals surface area (Å²) in [6.45, 7) is 1.76. The van der Waals surface area contributed by atoms with Crippen molar-refractivity contribution >= 4 is 40.4 Å². The first-order valence-corrected chi connectivity index (χ1v) is 15.1. The number of benzene rings is 1. The Balaban J connectivity index is 1.09. The molecule has 11 heteroatoms. The molecule has 1 aromatic carbocycles. The highest BCUT2D eigenvalue weighted by molar-refractivity contribution is 6.05. The number of nitrogens with two attached hydrogens (primary N) is 1. The van der Waals surface area contributed by atoms with Crippen LogP contribution < -0.4 is 16.4 Å². The number of rotatable bonds is 9. The number of H-pyrrole nitrogens is 1. The van der Waals surface area contributed by atoms with Gasteiger partial charge in [-0.1, -0.05) is 43.5 Å². The van der Waals surface area contributed by atoms with Crippen LogP contribution >= 0.6 is 0 Å². The monoisotopic (exact) mass is 589 g/mol. The second-order valence-corrected chi connectivity index (χ2v) is 11.4. The van der Waals surface area contributed by atoms with Crippen molar-refractivity contribution in [3.05, 3.63) is 71.6 Å². The standard InChI is InChI=1S/C33H35N9O2/c34-19-21-13-15-36-27(18-21)39-32(43)23-11-9-22(10-12-23)29-28-30(41-40-29)24(20-37-31(28)35)6-4-5-16-42-17-14-26(42)33(44)38-25-7-2-1-3-8-25/h4,6,9-13,15,18,20,25-26H,1-3,5,7-8,14,16-17H2,(H2,35,37)(H,38,44)(H,40,41)(H,36,39,43)/b6-4+/t26-/m0/s1. The molecule has 0 radical (unpaired) electrons. The number of anilines is 2. The number of amides is 2. The van der Waals surface area contributed by atoms with Crippen LogP contribution in [0.15, 0.2) is 54.9 Å². The highest BCUT2D eigenvalue weighted by Gasteiger charge is 2.34. The van der Waals surface area contributed by atoms with Crippen molar-refractivity contribution in [2.75, 3.05) is 24.1 Å². The summed E-state index contributed by atoms with van der Waals surface area (Å²) in [6.07, 6.45) is 14.9. The minimum Gasteiger partial charge on any atom is -0.383 e. The molecule has 0 spiro atoms. The molecule has 2 fully saturated rings. The first-order chi connectivity index (χ1) is 21.5. The second-order valence-electron chi connectivity index (χ2n) is 11.4. The van der Waals surface area contributed by atoms with Crippen LogP contribution in [0.3, 0.4) is 0 Å². The maximum atomic E-state index is 12.8. The van der Waals surface area contributed by atoms with E-state index in [9.17, 15) is 9.59 Å². The van der Waals surface area contributed by atoms with E-state index in [1.165, 1.54) is 31.5 Å². The summed E-state index contributed by atoms with van der Waals surface area (Å²) in [6, 6.07) is 12.5. The van der Waals surface area contributed by atoms with Crippen LogP contribution in [0, 0.1) is 11.3 Å². The molecule has 0 unspecified atom stereocenters. The van der Waals surface area contributed by atoms with Crippen molar-refractivity contribution in [2.45, 2.75) is 57.0 Å². The zero-order valence-electron chi connectivity index (χ0n) is 24.4.